The molecule has 29 heavy (non-hydrogen) atoms. The van der Waals surface area contributed by atoms with Crippen LogP contribution >= 0.6 is 0 Å². The topological polar surface area (TPSA) is 94.6 Å². The number of fused-ring (bicyclic) bond motifs is 1. The molecule has 148 valence electrons. The first kappa shape index (κ1) is 18.5. The third-order valence-electron chi connectivity index (χ3n) is 4.41. The molecule has 8 nitrogen and oxygen atoms in total. The van der Waals surface area contributed by atoms with E-state index < -0.39 is 0 Å². The van der Waals surface area contributed by atoms with E-state index in [0.29, 0.717) is 29.5 Å². The van der Waals surface area contributed by atoms with Gasteiger partial charge in [0.25, 0.3) is 5.91 Å². The molecule has 0 radical (unpaired) electrons. The Kier molecular flexibility index (Phi) is 5.42. The zero-order valence-corrected chi connectivity index (χ0v) is 15.8. The minimum Gasteiger partial charge on any atom is -0.497 e. The van der Waals surface area contributed by atoms with Crippen molar-refractivity contribution in [1.29, 1.82) is 0 Å². The van der Waals surface area contributed by atoms with Gasteiger partial charge in [-0.05, 0) is 48.4 Å². The van der Waals surface area contributed by atoms with Gasteiger partial charge in [0, 0.05) is 18.3 Å². The smallest absolute Gasteiger partial charge is 0.276 e. The molecule has 1 aromatic heterocycles. The molecular formula is C21H20N4O4. The molecule has 0 bridgehead atoms. The molecule has 4 rings (SSSR count). The number of nitrogens with one attached hydrogen (secondary N) is 2. The Bertz CT molecular complexity index is 991. The number of methoxy groups -OCH3 is 1. The number of carbonyl (C=O) groups excluding carboxylic acids is 1. The summed E-state index contributed by atoms with van der Waals surface area (Å²) in [6, 6.07) is 16.5. The maximum absolute atomic E-state index is 12.4. The van der Waals surface area contributed by atoms with Crippen LogP contribution in [0.25, 0.3) is 0 Å². The second kappa shape index (κ2) is 8.47. The summed E-state index contributed by atoms with van der Waals surface area (Å²) < 4.78 is 15.7. The van der Waals surface area contributed by atoms with E-state index in [9.17, 15) is 4.79 Å². The van der Waals surface area contributed by atoms with Crippen molar-refractivity contribution in [3.8, 4) is 17.2 Å². The predicted molar refractivity (Wildman–Crippen MR) is 108 cm³/mol. The third kappa shape index (κ3) is 4.55. The lowest BCUT2D eigenvalue weighted by atomic mass is 10.1. The summed E-state index contributed by atoms with van der Waals surface area (Å²) in [4.78, 5) is 12.4. The average molecular weight is 392 g/mol. The summed E-state index contributed by atoms with van der Waals surface area (Å²) in [5.74, 6) is 2.36. The molecule has 0 spiro atoms. The molecule has 3 aromatic rings. The van der Waals surface area contributed by atoms with Gasteiger partial charge in [-0.3, -0.25) is 4.79 Å². The van der Waals surface area contributed by atoms with Crippen LogP contribution in [-0.4, -0.2) is 36.6 Å². The minimum atomic E-state index is -0.346. The highest BCUT2D eigenvalue weighted by molar-refractivity contribution is 6.03. The van der Waals surface area contributed by atoms with Gasteiger partial charge in [-0.25, -0.2) is 0 Å². The molecule has 0 saturated heterocycles. The summed E-state index contributed by atoms with van der Waals surface area (Å²) in [6.07, 6.45) is 0.831. The summed E-state index contributed by atoms with van der Waals surface area (Å²) >= 11 is 0. The molecule has 0 saturated carbocycles. The van der Waals surface area contributed by atoms with Crippen molar-refractivity contribution in [1.82, 2.24) is 10.2 Å². The van der Waals surface area contributed by atoms with E-state index in [1.807, 2.05) is 24.3 Å². The first-order valence-electron chi connectivity index (χ1n) is 9.13. The highest BCUT2D eigenvalue weighted by Crippen LogP contribution is 2.34. The highest BCUT2D eigenvalue weighted by Gasteiger charge is 2.15. The number of amides is 1. The number of rotatable bonds is 7. The van der Waals surface area contributed by atoms with Crippen LogP contribution in [0.2, 0.25) is 0 Å². The number of carbonyl (C=O) groups is 1. The predicted octanol–water partition coefficient (Wildman–Crippen LogP) is 3.12. The van der Waals surface area contributed by atoms with Gasteiger partial charge >= 0.3 is 0 Å². The first-order valence-corrected chi connectivity index (χ1v) is 9.13. The SMILES string of the molecule is COc1ccc(CCNc2ccc(C(=O)Nc3ccc4c(c3)OCO4)nn2)cc1. The molecular weight excluding hydrogens is 372 g/mol. The lowest BCUT2D eigenvalue weighted by Crippen LogP contribution is -2.15. The molecule has 1 aliphatic heterocycles. The fourth-order valence-electron chi connectivity index (χ4n) is 2.84. The summed E-state index contributed by atoms with van der Waals surface area (Å²) in [7, 11) is 1.65. The van der Waals surface area contributed by atoms with E-state index in [4.69, 9.17) is 14.2 Å². The Morgan fingerprint density at radius 3 is 2.62 bits per heavy atom. The highest BCUT2D eigenvalue weighted by atomic mass is 16.7. The van der Waals surface area contributed by atoms with Crippen LogP contribution in [-0.2, 0) is 6.42 Å². The summed E-state index contributed by atoms with van der Waals surface area (Å²) in [5.41, 5.74) is 2.01. The van der Waals surface area contributed by atoms with Crippen molar-refractivity contribution in [3.63, 3.8) is 0 Å². The van der Waals surface area contributed by atoms with Gasteiger partial charge < -0.3 is 24.8 Å². The standard InChI is InChI=1S/C21H20N4O4/c1-27-16-5-2-14(3-6-16)10-11-22-20-9-7-17(24-25-20)21(26)23-15-4-8-18-19(12-15)29-13-28-18/h2-9,12H,10-11,13H2,1H3,(H,22,25)(H,23,26). The number of hydrogen-bond donors (Lipinski definition) is 2. The molecule has 0 fully saturated rings. The van der Waals surface area contributed by atoms with Crippen LogP contribution in [0.5, 0.6) is 17.2 Å². The van der Waals surface area contributed by atoms with Crippen molar-refractivity contribution in [2.45, 2.75) is 6.42 Å². The normalized spacial score (nSPS) is 11.8. The third-order valence-corrected chi connectivity index (χ3v) is 4.41. The minimum absolute atomic E-state index is 0.186. The van der Waals surface area contributed by atoms with Crippen LogP contribution in [0.4, 0.5) is 11.5 Å². The molecule has 0 aliphatic carbocycles. The van der Waals surface area contributed by atoms with Crippen LogP contribution in [0.1, 0.15) is 16.1 Å². The fraction of sp³-hybridized carbons (Fsp3) is 0.190. The van der Waals surface area contributed by atoms with E-state index in [1.165, 1.54) is 5.56 Å². The van der Waals surface area contributed by atoms with Gasteiger partial charge in [0.15, 0.2) is 17.2 Å². The maximum atomic E-state index is 12.4. The van der Waals surface area contributed by atoms with Crippen LogP contribution in [0, 0.1) is 0 Å². The van der Waals surface area contributed by atoms with Gasteiger partial charge in [-0.1, -0.05) is 12.1 Å². The maximum Gasteiger partial charge on any atom is 0.276 e. The molecule has 0 unspecified atom stereocenters. The number of hydrogen-bond acceptors (Lipinski definition) is 7. The lowest BCUT2D eigenvalue weighted by Gasteiger charge is -2.08. The second-order valence-electron chi connectivity index (χ2n) is 6.35. The molecule has 1 aliphatic rings. The molecule has 0 atom stereocenters. The quantitative estimate of drug-likeness (QED) is 0.638. The Labute approximate surface area is 167 Å². The van der Waals surface area contributed by atoms with Crippen molar-refractivity contribution < 1.29 is 19.0 Å². The van der Waals surface area contributed by atoms with Crippen molar-refractivity contribution in [3.05, 3.63) is 65.9 Å². The zero-order chi connectivity index (χ0) is 20.1. The van der Waals surface area contributed by atoms with Crippen LogP contribution < -0.4 is 24.8 Å². The molecule has 2 aromatic carbocycles. The van der Waals surface area contributed by atoms with E-state index in [2.05, 4.69) is 20.8 Å². The first-order chi connectivity index (χ1) is 14.2. The Morgan fingerprint density at radius 1 is 1.03 bits per heavy atom. The Morgan fingerprint density at radius 2 is 1.86 bits per heavy atom. The van der Waals surface area contributed by atoms with E-state index in [1.54, 1.807) is 37.4 Å². The van der Waals surface area contributed by atoms with Crippen molar-refractivity contribution in [2.75, 3.05) is 31.1 Å². The van der Waals surface area contributed by atoms with Crippen LogP contribution in [0.3, 0.4) is 0 Å². The monoisotopic (exact) mass is 392 g/mol. The van der Waals surface area contributed by atoms with Crippen LogP contribution in [0.15, 0.2) is 54.6 Å². The number of benzene rings is 2. The molecule has 8 heteroatoms. The van der Waals surface area contributed by atoms with Gasteiger partial charge in [-0.15, -0.1) is 10.2 Å². The summed E-state index contributed by atoms with van der Waals surface area (Å²) in [5, 5.41) is 14.0. The zero-order valence-electron chi connectivity index (χ0n) is 15.8. The second-order valence-corrected chi connectivity index (χ2v) is 6.35. The number of aromatic nitrogens is 2. The van der Waals surface area contributed by atoms with E-state index in [-0.39, 0.29) is 18.4 Å². The van der Waals surface area contributed by atoms with Crippen molar-refractivity contribution in [2.24, 2.45) is 0 Å². The van der Waals surface area contributed by atoms with Gasteiger partial charge in [-0.2, -0.15) is 0 Å². The van der Waals surface area contributed by atoms with E-state index in [0.717, 1.165) is 12.2 Å². The Hall–Kier alpha value is -3.81. The summed E-state index contributed by atoms with van der Waals surface area (Å²) in [6.45, 7) is 0.884. The number of ether oxygens (including phenoxy) is 3. The number of anilines is 2. The lowest BCUT2D eigenvalue weighted by molar-refractivity contribution is 0.102. The molecule has 2 heterocycles. The van der Waals surface area contributed by atoms with E-state index >= 15 is 0 Å². The van der Waals surface area contributed by atoms with Gasteiger partial charge in [0.2, 0.25) is 6.79 Å². The molecule has 2 N–H and O–H groups in total. The fourth-order valence-corrected chi connectivity index (χ4v) is 2.84. The molecule has 1 amide bonds. The number of nitrogens with zero attached hydrogens (tertiary/aromatic N) is 2. The average Bonchev–Trinajstić information content (AvgIpc) is 3.22. The van der Waals surface area contributed by atoms with Crippen molar-refractivity contribution >= 4 is 17.4 Å². The van der Waals surface area contributed by atoms with Gasteiger partial charge in [0.05, 0.1) is 7.11 Å². The van der Waals surface area contributed by atoms with Gasteiger partial charge in [0.1, 0.15) is 11.6 Å². The largest absolute Gasteiger partial charge is 0.497 e. The Balaban J connectivity index is 1.29.